The van der Waals surface area contributed by atoms with Crippen molar-refractivity contribution in [3.63, 3.8) is 0 Å². The predicted octanol–water partition coefficient (Wildman–Crippen LogP) is 2.05. The van der Waals surface area contributed by atoms with E-state index < -0.39 is 0 Å². The van der Waals surface area contributed by atoms with E-state index in [9.17, 15) is 0 Å². The third-order valence-electron chi connectivity index (χ3n) is 5.24. The highest BCUT2D eigenvalue weighted by Gasteiger charge is 2.46. The van der Waals surface area contributed by atoms with Crippen LogP contribution in [0, 0.1) is 6.92 Å². The summed E-state index contributed by atoms with van der Waals surface area (Å²) in [5, 5.41) is 0. The minimum atomic E-state index is 0.209. The molecule has 2 fully saturated rings. The maximum absolute atomic E-state index is 6.19. The van der Waals surface area contributed by atoms with Gasteiger partial charge in [0.25, 0.3) is 0 Å². The number of nitrogens with zero attached hydrogens (tertiary/aromatic N) is 5. The number of hydrogen-bond acceptors (Lipinski definition) is 6. The maximum Gasteiger partial charge on any atom is 0.225 e. The second kappa shape index (κ2) is 7.06. The molecule has 4 heterocycles. The van der Waals surface area contributed by atoms with Gasteiger partial charge in [0.1, 0.15) is 0 Å². The lowest BCUT2D eigenvalue weighted by Crippen LogP contribution is -2.46. The van der Waals surface area contributed by atoms with Crippen molar-refractivity contribution in [3.8, 4) is 0 Å². The average Bonchev–Trinajstić information content (AvgIpc) is 3.03. The van der Waals surface area contributed by atoms with E-state index in [0.29, 0.717) is 12.1 Å². The van der Waals surface area contributed by atoms with Gasteiger partial charge in [0, 0.05) is 44.5 Å². The number of anilines is 1. The smallest absolute Gasteiger partial charge is 0.225 e. The molecular weight excluding hydrogens is 314 g/mol. The first-order chi connectivity index (χ1) is 12.2. The van der Waals surface area contributed by atoms with Crippen molar-refractivity contribution in [1.82, 2.24) is 19.9 Å². The molecule has 4 rings (SSSR count). The van der Waals surface area contributed by atoms with Gasteiger partial charge in [0.05, 0.1) is 18.2 Å². The Morgan fingerprint density at radius 1 is 1.28 bits per heavy atom. The highest BCUT2D eigenvalue weighted by atomic mass is 16.5. The number of hydrogen-bond donors (Lipinski definition) is 0. The van der Waals surface area contributed by atoms with E-state index in [2.05, 4.69) is 37.9 Å². The largest absolute Gasteiger partial charge is 0.374 e. The number of aromatic nitrogens is 3. The molecule has 0 amide bonds. The van der Waals surface area contributed by atoms with Crippen molar-refractivity contribution in [2.45, 2.75) is 44.5 Å². The van der Waals surface area contributed by atoms with E-state index in [1.54, 1.807) is 0 Å². The molecule has 0 N–H and O–H groups in total. The average molecular weight is 339 g/mol. The Labute approximate surface area is 148 Å². The number of fused-ring (bicyclic) bond motifs is 1. The molecule has 2 saturated heterocycles. The Bertz CT molecular complexity index is 693. The Balaban J connectivity index is 1.54. The summed E-state index contributed by atoms with van der Waals surface area (Å²) in [7, 11) is 2.17. The van der Waals surface area contributed by atoms with Crippen LogP contribution < -0.4 is 4.90 Å². The first kappa shape index (κ1) is 16.4. The van der Waals surface area contributed by atoms with Crippen molar-refractivity contribution in [3.05, 3.63) is 48.0 Å². The fourth-order valence-corrected chi connectivity index (χ4v) is 3.98. The molecule has 0 spiro atoms. The summed E-state index contributed by atoms with van der Waals surface area (Å²) in [4.78, 5) is 18.1. The summed E-state index contributed by atoms with van der Waals surface area (Å²) in [5.41, 5.74) is 2.31. The Morgan fingerprint density at radius 2 is 2.12 bits per heavy atom. The molecule has 3 atom stereocenters. The van der Waals surface area contributed by atoms with Crippen LogP contribution in [0.2, 0.25) is 0 Å². The van der Waals surface area contributed by atoms with Gasteiger partial charge in [-0.1, -0.05) is 6.07 Å². The number of likely N-dealkylation sites (N-methyl/N-ethyl adjacent to an activating group) is 1. The normalized spacial score (nSPS) is 26.0. The SMILES string of the molecule is Cc1cnc(N2C[C@@H](N(C)Cc3cccnc3)[C@H]3OCCC[C@H]32)nc1. The second-order valence-electron chi connectivity index (χ2n) is 7.10. The summed E-state index contributed by atoms with van der Waals surface area (Å²) in [6.07, 6.45) is 9.99. The Morgan fingerprint density at radius 3 is 2.88 bits per heavy atom. The van der Waals surface area contributed by atoms with Crippen LogP contribution in [0.5, 0.6) is 0 Å². The standard InChI is InChI=1S/C19H25N5O/c1-14-9-21-19(22-10-14)24-13-17(18-16(24)6-4-8-25-18)23(2)12-15-5-3-7-20-11-15/h3,5,7,9-11,16-18H,4,6,8,12-13H2,1-2H3/t16-,17-,18+/m1/s1. The summed E-state index contributed by atoms with van der Waals surface area (Å²) in [6, 6.07) is 4.80. The Hall–Kier alpha value is -2.05. The van der Waals surface area contributed by atoms with Gasteiger partial charge in [-0.05, 0) is 44.0 Å². The van der Waals surface area contributed by atoms with Crippen LogP contribution in [0.1, 0.15) is 24.0 Å². The topological polar surface area (TPSA) is 54.4 Å². The van der Waals surface area contributed by atoms with Crippen LogP contribution in [-0.4, -0.2) is 58.2 Å². The van der Waals surface area contributed by atoms with E-state index in [1.165, 1.54) is 5.56 Å². The zero-order chi connectivity index (χ0) is 17.2. The predicted molar refractivity (Wildman–Crippen MR) is 96.4 cm³/mol. The molecule has 0 unspecified atom stereocenters. The van der Waals surface area contributed by atoms with E-state index >= 15 is 0 Å². The molecule has 0 bridgehead atoms. The van der Waals surface area contributed by atoms with Gasteiger partial charge in [-0.25, -0.2) is 9.97 Å². The van der Waals surface area contributed by atoms with Crippen LogP contribution in [0.25, 0.3) is 0 Å². The molecule has 2 aromatic rings. The van der Waals surface area contributed by atoms with Gasteiger partial charge < -0.3 is 9.64 Å². The molecule has 6 heteroatoms. The molecule has 2 aromatic heterocycles. The minimum Gasteiger partial charge on any atom is -0.374 e. The van der Waals surface area contributed by atoms with Crippen molar-refractivity contribution in [2.24, 2.45) is 0 Å². The van der Waals surface area contributed by atoms with E-state index in [-0.39, 0.29) is 6.10 Å². The maximum atomic E-state index is 6.19. The van der Waals surface area contributed by atoms with Crippen LogP contribution in [0.4, 0.5) is 5.95 Å². The number of rotatable bonds is 4. The molecule has 2 aliphatic rings. The molecule has 132 valence electrons. The van der Waals surface area contributed by atoms with Crippen molar-refractivity contribution in [1.29, 1.82) is 0 Å². The first-order valence-corrected chi connectivity index (χ1v) is 8.98. The minimum absolute atomic E-state index is 0.209. The van der Waals surface area contributed by atoms with Crippen molar-refractivity contribution in [2.75, 3.05) is 25.1 Å². The number of aryl methyl sites for hydroxylation is 1. The molecule has 0 saturated carbocycles. The number of ether oxygens (including phenoxy) is 1. The second-order valence-corrected chi connectivity index (χ2v) is 7.10. The van der Waals surface area contributed by atoms with E-state index in [0.717, 1.165) is 44.0 Å². The molecule has 2 aliphatic heterocycles. The molecule has 0 radical (unpaired) electrons. The van der Waals surface area contributed by atoms with Crippen molar-refractivity contribution >= 4 is 5.95 Å². The van der Waals surface area contributed by atoms with Gasteiger partial charge in [-0.3, -0.25) is 9.88 Å². The monoisotopic (exact) mass is 339 g/mol. The first-order valence-electron chi connectivity index (χ1n) is 8.98. The highest BCUT2D eigenvalue weighted by molar-refractivity contribution is 5.37. The lowest BCUT2D eigenvalue weighted by molar-refractivity contribution is -0.0247. The fourth-order valence-electron chi connectivity index (χ4n) is 3.98. The summed E-state index contributed by atoms with van der Waals surface area (Å²) < 4.78 is 6.19. The molecule has 25 heavy (non-hydrogen) atoms. The van der Waals surface area contributed by atoms with Gasteiger partial charge in [0.2, 0.25) is 5.95 Å². The highest BCUT2D eigenvalue weighted by Crippen LogP contribution is 2.33. The molecule has 6 nitrogen and oxygen atoms in total. The van der Waals surface area contributed by atoms with Crippen molar-refractivity contribution < 1.29 is 4.74 Å². The molecular formula is C19H25N5O. The fraction of sp³-hybridized carbons (Fsp3) is 0.526. The lowest BCUT2D eigenvalue weighted by atomic mass is 10.00. The molecule has 0 aromatic carbocycles. The zero-order valence-corrected chi connectivity index (χ0v) is 14.9. The third kappa shape index (κ3) is 3.37. The van der Waals surface area contributed by atoms with Gasteiger partial charge >= 0.3 is 0 Å². The van der Waals surface area contributed by atoms with Gasteiger partial charge in [-0.2, -0.15) is 0 Å². The van der Waals surface area contributed by atoms with Gasteiger partial charge in [0.15, 0.2) is 0 Å². The van der Waals surface area contributed by atoms with Gasteiger partial charge in [-0.15, -0.1) is 0 Å². The van der Waals surface area contributed by atoms with Crippen LogP contribution in [-0.2, 0) is 11.3 Å². The third-order valence-corrected chi connectivity index (χ3v) is 5.24. The summed E-state index contributed by atoms with van der Waals surface area (Å²) >= 11 is 0. The number of pyridine rings is 1. The van der Waals surface area contributed by atoms with Crippen LogP contribution >= 0.6 is 0 Å². The summed E-state index contributed by atoms with van der Waals surface area (Å²) in [5.74, 6) is 0.823. The Kier molecular flexibility index (Phi) is 4.63. The van der Waals surface area contributed by atoms with E-state index in [1.807, 2.05) is 37.8 Å². The van der Waals surface area contributed by atoms with Crippen LogP contribution in [0.15, 0.2) is 36.9 Å². The summed E-state index contributed by atoms with van der Waals surface area (Å²) in [6.45, 7) is 4.63. The van der Waals surface area contributed by atoms with E-state index in [4.69, 9.17) is 4.74 Å². The lowest BCUT2D eigenvalue weighted by Gasteiger charge is -2.34. The van der Waals surface area contributed by atoms with Crippen LogP contribution in [0.3, 0.4) is 0 Å². The zero-order valence-electron chi connectivity index (χ0n) is 14.9. The molecule has 0 aliphatic carbocycles. The quantitative estimate of drug-likeness (QED) is 0.850.